The minimum Gasteiger partial charge on any atom is -0.480 e. The Labute approximate surface area is 73.4 Å². The molecule has 1 aliphatic rings. The van der Waals surface area contributed by atoms with Crippen molar-refractivity contribution in [1.82, 2.24) is 9.97 Å². The van der Waals surface area contributed by atoms with Crippen LogP contribution in [0.4, 0.5) is 4.39 Å². The van der Waals surface area contributed by atoms with Gasteiger partial charge in [0.1, 0.15) is 11.2 Å². The number of hydrogen-bond donors (Lipinski definition) is 1. The standard InChI is InChI=1S/C8H7FN2O2/c9-5-3-10-6(11-4-5)8(1-2-8)7(12)13/h3-4H,1-2H2,(H,12,13). The lowest BCUT2D eigenvalue weighted by atomic mass is 10.1. The number of aliphatic carboxylic acids is 1. The summed E-state index contributed by atoms with van der Waals surface area (Å²) in [5, 5.41) is 8.85. The van der Waals surface area contributed by atoms with Gasteiger partial charge in [-0.2, -0.15) is 0 Å². The summed E-state index contributed by atoms with van der Waals surface area (Å²) in [4.78, 5) is 18.1. The Morgan fingerprint density at radius 3 is 2.38 bits per heavy atom. The molecular formula is C8H7FN2O2. The second-order valence-corrected chi connectivity index (χ2v) is 3.11. The molecule has 1 aromatic heterocycles. The lowest BCUT2D eigenvalue weighted by molar-refractivity contribution is -0.140. The minimum absolute atomic E-state index is 0.210. The van der Waals surface area contributed by atoms with Crippen LogP contribution in [-0.2, 0) is 10.2 Å². The van der Waals surface area contributed by atoms with Crippen LogP contribution in [-0.4, -0.2) is 21.0 Å². The zero-order chi connectivity index (χ0) is 9.47. The summed E-state index contributed by atoms with van der Waals surface area (Å²) in [5.41, 5.74) is -0.937. The van der Waals surface area contributed by atoms with Crippen LogP contribution in [0.5, 0.6) is 0 Å². The molecule has 0 amide bonds. The highest BCUT2D eigenvalue weighted by atomic mass is 19.1. The Hall–Kier alpha value is -1.52. The van der Waals surface area contributed by atoms with E-state index in [2.05, 4.69) is 9.97 Å². The van der Waals surface area contributed by atoms with E-state index in [1.54, 1.807) is 0 Å². The summed E-state index contributed by atoms with van der Waals surface area (Å²) in [6.45, 7) is 0. The van der Waals surface area contributed by atoms with Crippen LogP contribution in [0, 0.1) is 5.82 Å². The number of rotatable bonds is 2. The van der Waals surface area contributed by atoms with Crippen molar-refractivity contribution in [2.24, 2.45) is 0 Å². The van der Waals surface area contributed by atoms with Gasteiger partial charge in [0.2, 0.25) is 0 Å². The summed E-state index contributed by atoms with van der Waals surface area (Å²) in [5.74, 6) is -1.27. The maximum absolute atomic E-state index is 12.4. The predicted octanol–water partition coefficient (Wildman–Crippen LogP) is 0.732. The molecule has 1 aromatic rings. The molecule has 0 spiro atoms. The molecule has 0 atom stereocenters. The van der Waals surface area contributed by atoms with Crippen molar-refractivity contribution in [2.45, 2.75) is 18.3 Å². The van der Waals surface area contributed by atoms with Gasteiger partial charge in [0.05, 0.1) is 12.4 Å². The van der Waals surface area contributed by atoms with Crippen molar-refractivity contribution in [1.29, 1.82) is 0 Å². The smallest absolute Gasteiger partial charge is 0.317 e. The summed E-state index contributed by atoms with van der Waals surface area (Å²) >= 11 is 0. The zero-order valence-corrected chi connectivity index (χ0v) is 6.70. The second-order valence-electron chi connectivity index (χ2n) is 3.11. The lowest BCUT2D eigenvalue weighted by Crippen LogP contribution is -2.22. The first kappa shape index (κ1) is 8.10. The molecule has 0 radical (unpaired) electrons. The molecular weight excluding hydrogens is 175 g/mol. The first-order chi connectivity index (χ1) is 6.15. The molecule has 68 valence electrons. The van der Waals surface area contributed by atoms with Gasteiger partial charge < -0.3 is 5.11 Å². The van der Waals surface area contributed by atoms with Gasteiger partial charge in [0, 0.05) is 0 Å². The van der Waals surface area contributed by atoms with E-state index < -0.39 is 17.2 Å². The van der Waals surface area contributed by atoms with Crippen LogP contribution >= 0.6 is 0 Å². The van der Waals surface area contributed by atoms with E-state index in [9.17, 15) is 9.18 Å². The van der Waals surface area contributed by atoms with Crippen LogP contribution in [0.2, 0.25) is 0 Å². The summed E-state index contributed by atoms with van der Waals surface area (Å²) in [7, 11) is 0. The highest BCUT2D eigenvalue weighted by Crippen LogP contribution is 2.46. The fourth-order valence-electron chi connectivity index (χ4n) is 1.22. The van der Waals surface area contributed by atoms with Gasteiger partial charge in [-0.15, -0.1) is 0 Å². The molecule has 0 aliphatic heterocycles. The van der Waals surface area contributed by atoms with Crippen molar-refractivity contribution < 1.29 is 14.3 Å². The van der Waals surface area contributed by atoms with Gasteiger partial charge in [0.25, 0.3) is 0 Å². The molecule has 2 rings (SSSR count). The Morgan fingerprint density at radius 2 is 2.00 bits per heavy atom. The van der Waals surface area contributed by atoms with Crippen LogP contribution in [0.3, 0.4) is 0 Å². The van der Waals surface area contributed by atoms with Gasteiger partial charge in [-0.25, -0.2) is 14.4 Å². The van der Waals surface area contributed by atoms with E-state index in [1.807, 2.05) is 0 Å². The summed E-state index contributed by atoms with van der Waals surface area (Å²) in [6, 6.07) is 0. The average molecular weight is 182 g/mol. The van der Waals surface area contributed by atoms with Gasteiger partial charge in [-0.1, -0.05) is 0 Å². The van der Waals surface area contributed by atoms with E-state index in [-0.39, 0.29) is 5.82 Å². The third-order valence-electron chi connectivity index (χ3n) is 2.21. The molecule has 0 saturated heterocycles. The van der Waals surface area contributed by atoms with Crippen molar-refractivity contribution in [3.8, 4) is 0 Å². The van der Waals surface area contributed by atoms with Crippen LogP contribution in [0.15, 0.2) is 12.4 Å². The molecule has 0 aromatic carbocycles. The fraction of sp³-hybridized carbons (Fsp3) is 0.375. The van der Waals surface area contributed by atoms with Crippen LogP contribution < -0.4 is 0 Å². The topological polar surface area (TPSA) is 63.1 Å². The number of carbonyl (C=O) groups is 1. The van der Waals surface area contributed by atoms with Gasteiger partial charge in [0.15, 0.2) is 5.82 Å². The maximum Gasteiger partial charge on any atom is 0.317 e. The largest absolute Gasteiger partial charge is 0.480 e. The maximum atomic E-state index is 12.4. The number of carboxylic acid groups (broad SMARTS) is 1. The van der Waals surface area contributed by atoms with Crippen LogP contribution in [0.1, 0.15) is 18.7 Å². The molecule has 0 unspecified atom stereocenters. The van der Waals surface area contributed by atoms with E-state index >= 15 is 0 Å². The zero-order valence-electron chi connectivity index (χ0n) is 6.70. The molecule has 1 saturated carbocycles. The normalized spacial score (nSPS) is 18.2. The number of carboxylic acids is 1. The first-order valence-electron chi connectivity index (χ1n) is 3.86. The first-order valence-corrected chi connectivity index (χ1v) is 3.86. The molecule has 4 nitrogen and oxygen atoms in total. The van der Waals surface area contributed by atoms with Crippen molar-refractivity contribution in [2.75, 3.05) is 0 Å². The Balaban J connectivity index is 2.36. The third kappa shape index (κ3) is 1.16. The lowest BCUT2D eigenvalue weighted by Gasteiger charge is -2.06. The van der Waals surface area contributed by atoms with E-state index in [1.165, 1.54) is 0 Å². The predicted molar refractivity (Wildman–Crippen MR) is 40.5 cm³/mol. The number of nitrogens with zero attached hydrogens (tertiary/aromatic N) is 2. The van der Waals surface area contributed by atoms with Crippen molar-refractivity contribution in [3.63, 3.8) is 0 Å². The minimum atomic E-state index is -0.937. The molecule has 1 N–H and O–H groups in total. The molecule has 0 bridgehead atoms. The molecule has 1 heterocycles. The van der Waals surface area contributed by atoms with Gasteiger partial charge >= 0.3 is 5.97 Å². The number of halogens is 1. The number of hydrogen-bond acceptors (Lipinski definition) is 3. The van der Waals surface area contributed by atoms with Gasteiger partial charge in [-0.3, -0.25) is 4.79 Å². The summed E-state index contributed by atoms with van der Waals surface area (Å²) < 4.78 is 12.4. The van der Waals surface area contributed by atoms with E-state index in [4.69, 9.17) is 5.11 Å². The highest BCUT2D eigenvalue weighted by molar-refractivity contribution is 5.83. The highest BCUT2D eigenvalue weighted by Gasteiger charge is 2.54. The summed E-state index contributed by atoms with van der Waals surface area (Å²) in [6.07, 6.45) is 3.05. The Kier molecular flexibility index (Phi) is 1.55. The molecule has 13 heavy (non-hydrogen) atoms. The molecule has 1 fully saturated rings. The SMILES string of the molecule is O=C(O)C1(c2ncc(F)cn2)CC1. The Bertz CT molecular complexity index is 346. The monoisotopic (exact) mass is 182 g/mol. The van der Waals surface area contributed by atoms with Crippen molar-refractivity contribution in [3.05, 3.63) is 24.0 Å². The fourth-order valence-corrected chi connectivity index (χ4v) is 1.22. The van der Waals surface area contributed by atoms with E-state index in [0.717, 1.165) is 12.4 Å². The average Bonchev–Trinajstić information content (AvgIpc) is 2.86. The molecule has 1 aliphatic carbocycles. The van der Waals surface area contributed by atoms with Crippen LogP contribution in [0.25, 0.3) is 0 Å². The molecule has 5 heteroatoms. The van der Waals surface area contributed by atoms with E-state index in [0.29, 0.717) is 12.8 Å². The Morgan fingerprint density at radius 1 is 1.46 bits per heavy atom. The quantitative estimate of drug-likeness (QED) is 0.732. The number of aromatic nitrogens is 2. The second kappa shape index (κ2) is 2.48. The van der Waals surface area contributed by atoms with Crippen molar-refractivity contribution >= 4 is 5.97 Å². The van der Waals surface area contributed by atoms with Gasteiger partial charge in [-0.05, 0) is 12.8 Å². The third-order valence-corrected chi connectivity index (χ3v) is 2.21.